The van der Waals surface area contributed by atoms with Crippen LogP contribution in [0, 0.1) is 6.92 Å². The van der Waals surface area contributed by atoms with Crippen molar-refractivity contribution in [3.8, 4) is 11.5 Å². The van der Waals surface area contributed by atoms with Crippen LogP contribution in [0.15, 0.2) is 78.5 Å². The van der Waals surface area contributed by atoms with Crippen LogP contribution in [-0.2, 0) is 9.59 Å². The molecule has 33 heavy (non-hydrogen) atoms. The molecule has 0 aliphatic carbocycles. The molecular weight excluding hydrogens is 416 g/mol. The number of aryl methyl sites for hydroxylation is 1. The Bertz CT molecular complexity index is 1210. The number of benzene rings is 3. The SMILES string of the molecule is CCOc1cccc(N2C(=O)C(Nc3ccccc3OCC)=C(c3ccc(C)cc3)C2=O)c1. The number of rotatable bonds is 8. The number of anilines is 2. The normalized spacial score (nSPS) is 13.5. The van der Waals surface area contributed by atoms with Crippen LogP contribution in [0.5, 0.6) is 11.5 Å². The zero-order valence-corrected chi connectivity index (χ0v) is 18.9. The Kier molecular flexibility index (Phi) is 6.45. The van der Waals surface area contributed by atoms with Crippen molar-refractivity contribution in [2.75, 3.05) is 23.4 Å². The van der Waals surface area contributed by atoms with E-state index >= 15 is 0 Å². The van der Waals surface area contributed by atoms with E-state index in [2.05, 4.69) is 5.32 Å². The van der Waals surface area contributed by atoms with Crippen molar-refractivity contribution in [1.82, 2.24) is 0 Å². The summed E-state index contributed by atoms with van der Waals surface area (Å²) in [6.45, 7) is 6.71. The fourth-order valence-corrected chi connectivity index (χ4v) is 3.73. The van der Waals surface area contributed by atoms with Gasteiger partial charge in [0.2, 0.25) is 0 Å². The highest BCUT2D eigenvalue weighted by atomic mass is 16.5. The average Bonchev–Trinajstić information content (AvgIpc) is 3.05. The first-order chi connectivity index (χ1) is 16.0. The lowest BCUT2D eigenvalue weighted by atomic mass is 10.0. The van der Waals surface area contributed by atoms with Crippen molar-refractivity contribution < 1.29 is 19.1 Å². The first-order valence-electron chi connectivity index (χ1n) is 10.9. The van der Waals surface area contributed by atoms with E-state index in [0.29, 0.717) is 47.2 Å². The number of amides is 2. The number of nitrogens with zero attached hydrogens (tertiary/aromatic N) is 1. The molecule has 0 fully saturated rings. The number of nitrogens with one attached hydrogen (secondary N) is 1. The van der Waals surface area contributed by atoms with Gasteiger partial charge in [-0.3, -0.25) is 9.59 Å². The predicted octanol–water partition coefficient (Wildman–Crippen LogP) is 5.19. The molecule has 0 bridgehead atoms. The van der Waals surface area contributed by atoms with Crippen LogP contribution >= 0.6 is 0 Å². The zero-order valence-electron chi connectivity index (χ0n) is 18.9. The molecule has 4 rings (SSSR count). The molecule has 0 radical (unpaired) electrons. The summed E-state index contributed by atoms with van der Waals surface area (Å²) in [5.41, 5.74) is 3.32. The maximum Gasteiger partial charge on any atom is 0.282 e. The Morgan fingerprint density at radius 2 is 1.55 bits per heavy atom. The molecule has 0 aromatic heterocycles. The quantitative estimate of drug-likeness (QED) is 0.487. The molecule has 0 spiro atoms. The molecule has 1 aliphatic rings. The van der Waals surface area contributed by atoms with Crippen molar-refractivity contribution in [3.05, 3.63) is 89.6 Å². The maximum atomic E-state index is 13.6. The van der Waals surface area contributed by atoms with Crippen molar-refractivity contribution in [2.24, 2.45) is 0 Å². The summed E-state index contributed by atoms with van der Waals surface area (Å²) in [6, 6.07) is 21.9. The van der Waals surface area contributed by atoms with Crippen LogP contribution in [0.2, 0.25) is 0 Å². The molecule has 0 atom stereocenters. The Balaban J connectivity index is 1.80. The zero-order chi connectivity index (χ0) is 23.4. The van der Waals surface area contributed by atoms with Crippen LogP contribution in [0.1, 0.15) is 25.0 Å². The van der Waals surface area contributed by atoms with E-state index in [-0.39, 0.29) is 5.70 Å². The van der Waals surface area contributed by atoms with E-state index < -0.39 is 11.8 Å². The first kappa shape index (κ1) is 22.1. The standard InChI is InChI=1S/C27H26N2O4/c1-4-32-21-10-8-9-20(17-21)29-26(30)24(19-15-13-18(3)14-16-19)25(27(29)31)28-22-11-6-7-12-23(22)33-5-2/h6-17,28H,4-5H2,1-3H3. The van der Waals surface area contributed by atoms with Gasteiger partial charge < -0.3 is 14.8 Å². The Morgan fingerprint density at radius 1 is 0.818 bits per heavy atom. The van der Waals surface area contributed by atoms with Crippen molar-refractivity contribution in [1.29, 1.82) is 0 Å². The molecular formula is C27H26N2O4. The molecule has 0 saturated carbocycles. The van der Waals surface area contributed by atoms with Gasteiger partial charge in [-0.15, -0.1) is 0 Å². The summed E-state index contributed by atoms with van der Waals surface area (Å²) in [5, 5.41) is 3.19. The van der Waals surface area contributed by atoms with Crippen LogP contribution in [-0.4, -0.2) is 25.0 Å². The molecule has 6 nitrogen and oxygen atoms in total. The van der Waals surface area contributed by atoms with Gasteiger partial charge in [0.1, 0.15) is 17.2 Å². The number of hydrogen-bond donors (Lipinski definition) is 1. The Labute approximate surface area is 193 Å². The summed E-state index contributed by atoms with van der Waals surface area (Å²) in [5.74, 6) is 0.368. The maximum absolute atomic E-state index is 13.6. The average molecular weight is 443 g/mol. The van der Waals surface area contributed by atoms with Crippen molar-refractivity contribution in [2.45, 2.75) is 20.8 Å². The van der Waals surface area contributed by atoms with E-state index in [1.165, 1.54) is 4.90 Å². The number of carbonyl (C=O) groups excluding carboxylic acids is 2. The molecule has 3 aromatic rings. The largest absolute Gasteiger partial charge is 0.494 e. The minimum absolute atomic E-state index is 0.206. The lowest BCUT2D eigenvalue weighted by molar-refractivity contribution is -0.120. The van der Waals surface area contributed by atoms with Gasteiger partial charge in [-0.05, 0) is 50.6 Å². The Morgan fingerprint density at radius 3 is 2.27 bits per heavy atom. The van der Waals surface area contributed by atoms with Gasteiger partial charge in [0.15, 0.2) is 0 Å². The van der Waals surface area contributed by atoms with Gasteiger partial charge in [-0.25, -0.2) is 4.90 Å². The van der Waals surface area contributed by atoms with E-state index in [0.717, 1.165) is 5.56 Å². The van der Waals surface area contributed by atoms with E-state index in [1.807, 2.05) is 69.3 Å². The van der Waals surface area contributed by atoms with Crippen LogP contribution < -0.4 is 19.7 Å². The summed E-state index contributed by atoms with van der Waals surface area (Å²) in [7, 11) is 0. The molecule has 6 heteroatoms. The van der Waals surface area contributed by atoms with E-state index in [9.17, 15) is 9.59 Å². The molecule has 3 aromatic carbocycles. The second-order valence-corrected chi connectivity index (χ2v) is 7.55. The van der Waals surface area contributed by atoms with Gasteiger partial charge in [0.25, 0.3) is 11.8 Å². The van der Waals surface area contributed by atoms with Crippen LogP contribution in [0.3, 0.4) is 0 Å². The van der Waals surface area contributed by atoms with Crippen LogP contribution in [0.4, 0.5) is 11.4 Å². The second kappa shape index (κ2) is 9.61. The number of imide groups is 1. The molecule has 2 amide bonds. The van der Waals surface area contributed by atoms with Gasteiger partial charge >= 0.3 is 0 Å². The van der Waals surface area contributed by atoms with Gasteiger partial charge in [-0.1, -0.05) is 48.0 Å². The molecule has 1 aliphatic heterocycles. The summed E-state index contributed by atoms with van der Waals surface area (Å²) in [6.07, 6.45) is 0. The number of ether oxygens (including phenoxy) is 2. The third-order valence-electron chi connectivity index (χ3n) is 5.26. The smallest absolute Gasteiger partial charge is 0.282 e. The fourth-order valence-electron chi connectivity index (χ4n) is 3.73. The first-order valence-corrected chi connectivity index (χ1v) is 10.9. The number of para-hydroxylation sites is 2. The van der Waals surface area contributed by atoms with E-state index in [4.69, 9.17) is 9.47 Å². The summed E-state index contributed by atoms with van der Waals surface area (Å²) >= 11 is 0. The van der Waals surface area contributed by atoms with Crippen molar-refractivity contribution in [3.63, 3.8) is 0 Å². The highest BCUT2D eigenvalue weighted by Gasteiger charge is 2.40. The molecule has 0 saturated heterocycles. The number of carbonyl (C=O) groups is 2. The minimum Gasteiger partial charge on any atom is -0.494 e. The van der Waals surface area contributed by atoms with Gasteiger partial charge in [0.05, 0.1) is 30.2 Å². The van der Waals surface area contributed by atoms with Crippen LogP contribution in [0.25, 0.3) is 5.57 Å². The molecule has 168 valence electrons. The molecule has 1 heterocycles. The molecule has 0 unspecified atom stereocenters. The lowest BCUT2D eigenvalue weighted by Gasteiger charge is -2.17. The monoisotopic (exact) mass is 442 g/mol. The molecule has 1 N–H and O–H groups in total. The van der Waals surface area contributed by atoms with Crippen molar-refractivity contribution >= 4 is 28.8 Å². The predicted molar refractivity (Wildman–Crippen MR) is 129 cm³/mol. The Hall–Kier alpha value is -4.06. The van der Waals surface area contributed by atoms with E-state index in [1.54, 1.807) is 24.3 Å². The third kappa shape index (κ3) is 4.46. The summed E-state index contributed by atoms with van der Waals surface area (Å²) in [4.78, 5) is 28.4. The lowest BCUT2D eigenvalue weighted by Crippen LogP contribution is -2.32. The highest BCUT2D eigenvalue weighted by Crippen LogP contribution is 2.36. The topological polar surface area (TPSA) is 67.9 Å². The summed E-state index contributed by atoms with van der Waals surface area (Å²) < 4.78 is 11.3. The fraction of sp³-hybridized carbons (Fsp3) is 0.185. The van der Waals surface area contributed by atoms with Gasteiger partial charge in [0, 0.05) is 6.07 Å². The number of hydrogen-bond acceptors (Lipinski definition) is 5. The third-order valence-corrected chi connectivity index (χ3v) is 5.26. The van der Waals surface area contributed by atoms with Gasteiger partial charge in [-0.2, -0.15) is 0 Å². The highest BCUT2D eigenvalue weighted by molar-refractivity contribution is 6.46. The second-order valence-electron chi connectivity index (χ2n) is 7.55. The minimum atomic E-state index is -0.435.